The average molecular weight is 412 g/mol. The van der Waals surface area contributed by atoms with E-state index in [0.717, 1.165) is 37.4 Å². The van der Waals surface area contributed by atoms with Crippen molar-refractivity contribution in [1.29, 1.82) is 0 Å². The highest BCUT2D eigenvalue weighted by Crippen LogP contribution is 2.23. The Balaban J connectivity index is 0.00000182. The lowest BCUT2D eigenvalue weighted by atomic mass is 10.1. The summed E-state index contributed by atoms with van der Waals surface area (Å²) in [5, 5.41) is 0. The first-order chi connectivity index (χ1) is 12.2. The number of benzene rings is 2. The van der Waals surface area contributed by atoms with Crippen LogP contribution in [0.25, 0.3) is 0 Å². The lowest BCUT2D eigenvalue weighted by molar-refractivity contribution is -0.131. The van der Waals surface area contributed by atoms with Crippen LogP contribution in [0.15, 0.2) is 54.6 Å². The molecule has 2 aromatic rings. The smallest absolute Gasteiger partial charge is 0.244 e. The third-order valence-electron chi connectivity index (χ3n) is 4.55. The zero-order valence-corrected chi connectivity index (χ0v) is 17.0. The van der Waals surface area contributed by atoms with Crippen LogP contribution in [0.1, 0.15) is 17.2 Å². The van der Waals surface area contributed by atoms with Crippen LogP contribution >= 0.6 is 24.8 Å². The molecule has 2 N–H and O–H groups in total. The van der Waals surface area contributed by atoms with Crippen molar-refractivity contribution in [2.24, 2.45) is 5.73 Å². The van der Waals surface area contributed by atoms with E-state index in [2.05, 4.69) is 17.0 Å². The van der Waals surface area contributed by atoms with Gasteiger partial charge < -0.3 is 20.3 Å². The highest BCUT2D eigenvalue weighted by molar-refractivity contribution is 5.85. The molecule has 2 aromatic carbocycles. The van der Waals surface area contributed by atoms with E-state index in [-0.39, 0.29) is 30.7 Å². The molecule has 1 aliphatic rings. The summed E-state index contributed by atoms with van der Waals surface area (Å²) in [5.74, 6) is -0.0806. The van der Waals surface area contributed by atoms with E-state index in [1.165, 1.54) is 5.69 Å². The van der Waals surface area contributed by atoms with Gasteiger partial charge in [-0.3, -0.25) is 4.79 Å². The van der Waals surface area contributed by atoms with Crippen LogP contribution in [0.4, 0.5) is 5.69 Å². The second-order valence-corrected chi connectivity index (χ2v) is 6.31. The summed E-state index contributed by atoms with van der Waals surface area (Å²) in [7, 11) is 1.81. The van der Waals surface area contributed by atoms with Crippen molar-refractivity contribution in [3.8, 4) is 0 Å². The highest BCUT2D eigenvalue weighted by atomic mass is 35.5. The third kappa shape index (κ3) is 5.84. The highest BCUT2D eigenvalue weighted by Gasteiger charge is 2.21. The van der Waals surface area contributed by atoms with E-state index < -0.39 is 6.04 Å². The molecule has 1 saturated heterocycles. The summed E-state index contributed by atoms with van der Waals surface area (Å²) in [5.41, 5.74) is 9.28. The Bertz CT molecular complexity index is 709. The molecule has 1 aliphatic heterocycles. The van der Waals surface area contributed by atoms with Crippen molar-refractivity contribution < 1.29 is 9.53 Å². The molecule has 1 atom stereocenters. The van der Waals surface area contributed by atoms with Crippen molar-refractivity contribution >= 4 is 36.4 Å². The predicted molar refractivity (Wildman–Crippen MR) is 114 cm³/mol. The number of anilines is 1. The minimum absolute atomic E-state index is 0. The summed E-state index contributed by atoms with van der Waals surface area (Å²) in [6.45, 7) is 3.76. The van der Waals surface area contributed by atoms with E-state index >= 15 is 0 Å². The van der Waals surface area contributed by atoms with Gasteiger partial charge in [0.15, 0.2) is 0 Å². The molecule has 1 unspecified atom stereocenters. The SMILES string of the molecule is CN(Cc1ccccc1N1CCOCC1)C(=O)C(N)c1ccccc1.Cl.Cl. The maximum atomic E-state index is 12.7. The van der Waals surface area contributed by atoms with E-state index in [1.807, 2.05) is 42.5 Å². The van der Waals surface area contributed by atoms with Gasteiger partial charge in [-0.2, -0.15) is 0 Å². The molecule has 0 spiro atoms. The Kier molecular flexibility index (Phi) is 9.60. The molecular weight excluding hydrogens is 385 g/mol. The molecule has 3 rings (SSSR count). The number of carbonyl (C=O) groups is 1. The molecule has 0 radical (unpaired) electrons. The number of likely N-dealkylation sites (N-methyl/N-ethyl adjacent to an activating group) is 1. The van der Waals surface area contributed by atoms with Crippen LogP contribution in [-0.2, 0) is 16.1 Å². The molecular formula is C20H27Cl2N3O2. The second-order valence-electron chi connectivity index (χ2n) is 6.31. The molecule has 148 valence electrons. The van der Waals surface area contributed by atoms with E-state index in [4.69, 9.17) is 10.5 Å². The minimum Gasteiger partial charge on any atom is -0.378 e. The van der Waals surface area contributed by atoms with E-state index in [1.54, 1.807) is 11.9 Å². The number of nitrogens with two attached hydrogens (primary N) is 1. The molecule has 5 nitrogen and oxygen atoms in total. The minimum atomic E-state index is -0.637. The fourth-order valence-electron chi connectivity index (χ4n) is 3.13. The van der Waals surface area contributed by atoms with Gasteiger partial charge in [-0.25, -0.2) is 0 Å². The van der Waals surface area contributed by atoms with Crippen LogP contribution in [0, 0.1) is 0 Å². The molecule has 0 bridgehead atoms. The maximum absolute atomic E-state index is 12.7. The molecule has 1 amide bonds. The van der Waals surface area contributed by atoms with Crippen LogP contribution in [0.3, 0.4) is 0 Å². The number of amides is 1. The predicted octanol–water partition coefficient (Wildman–Crippen LogP) is 3.03. The lowest BCUT2D eigenvalue weighted by Gasteiger charge is -2.31. The maximum Gasteiger partial charge on any atom is 0.244 e. The van der Waals surface area contributed by atoms with Gasteiger partial charge >= 0.3 is 0 Å². The number of carbonyl (C=O) groups excluding carboxylic acids is 1. The topological polar surface area (TPSA) is 58.8 Å². The Morgan fingerprint density at radius 3 is 2.33 bits per heavy atom. The van der Waals surface area contributed by atoms with Crippen molar-refractivity contribution in [2.75, 3.05) is 38.3 Å². The molecule has 0 aromatic heterocycles. The van der Waals surface area contributed by atoms with Crippen LogP contribution < -0.4 is 10.6 Å². The Hall–Kier alpha value is -1.79. The molecule has 27 heavy (non-hydrogen) atoms. The van der Waals surface area contributed by atoms with Crippen molar-refractivity contribution in [2.45, 2.75) is 12.6 Å². The van der Waals surface area contributed by atoms with Gasteiger partial charge in [0, 0.05) is 32.4 Å². The van der Waals surface area contributed by atoms with Gasteiger partial charge in [-0.1, -0.05) is 48.5 Å². The van der Waals surface area contributed by atoms with Crippen molar-refractivity contribution in [3.63, 3.8) is 0 Å². The lowest BCUT2D eigenvalue weighted by Crippen LogP contribution is -2.38. The fourth-order valence-corrected chi connectivity index (χ4v) is 3.13. The third-order valence-corrected chi connectivity index (χ3v) is 4.55. The number of morpholine rings is 1. The quantitative estimate of drug-likeness (QED) is 0.821. The summed E-state index contributed by atoms with van der Waals surface area (Å²) < 4.78 is 5.44. The number of rotatable bonds is 5. The zero-order valence-electron chi connectivity index (χ0n) is 15.4. The molecule has 1 fully saturated rings. The first-order valence-electron chi connectivity index (χ1n) is 8.63. The monoisotopic (exact) mass is 411 g/mol. The summed E-state index contributed by atoms with van der Waals surface area (Å²) in [4.78, 5) is 16.7. The summed E-state index contributed by atoms with van der Waals surface area (Å²) >= 11 is 0. The van der Waals surface area contributed by atoms with Gasteiger partial charge in [0.2, 0.25) is 5.91 Å². The second kappa shape index (κ2) is 11.1. The number of para-hydroxylation sites is 1. The Morgan fingerprint density at radius 2 is 1.67 bits per heavy atom. The van der Waals surface area contributed by atoms with Crippen LogP contribution in [0.5, 0.6) is 0 Å². The normalized spacial score (nSPS) is 14.5. The van der Waals surface area contributed by atoms with Gasteiger partial charge in [0.25, 0.3) is 0 Å². The first-order valence-corrected chi connectivity index (χ1v) is 8.63. The molecule has 0 aliphatic carbocycles. The van der Waals surface area contributed by atoms with Gasteiger partial charge in [0.1, 0.15) is 6.04 Å². The first kappa shape index (κ1) is 23.2. The number of hydrogen-bond acceptors (Lipinski definition) is 4. The van der Waals surface area contributed by atoms with Crippen LogP contribution in [0.2, 0.25) is 0 Å². The average Bonchev–Trinajstić information content (AvgIpc) is 2.68. The molecule has 1 heterocycles. The van der Waals surface area contributed by atoms with Crippen molar-refractivity contribution in [3.05, 3.63) is 65.7 Å². The number of nitrogens with zero attached hydrogens (tertiary/aromatic N) is 2. The van der Waals surface area contributed by atoms with Crippen molar-refractivity contribution in [1.82, 2.24) is 4.90 Å². The number of halogens is 2. The molecule has 0 saturated carbocycles. The Labute approximate surface area is 173 Å². The standard InChI is InChI=1S/C20H25N3O2.2ClH/c1-22(20(24)19(21)16-7-3-2-4-8-16)15-17-9-5-6-10-18(17)23-11-13-25-14-12-23;;/h2-10,19H,11-15,21H2,1H3;2*1H. The van der Waals surface area contributed by atoms with Gasteiger partial charge in [-0.05, 0) is 17.2 Å². The number of ether oxygens (including phenoxy) is 1. The summed E-state index contributed by atoms with van der Waals surface area (Å²) in [6, 6.07) is 17.1. The van der Waals surface area contributed by atoms with E-state index in [0.29, 0.717) is 6.54 Å². The number of hydrogen-bond donors (Lipinski definition) is 1. The fraction of sp³-hybridized carbons (Fsp3) is 0.350. The zero-order chi connectivity index (χ0) is 17.6. The van der Waals surface area contributed by atoms with E-state index in [9.17, 15) is 4.79 Å². The van der Waals surface area contributed by atoms with Crippen LogP contribution in [-0.4, -0.2) is 44.2 Å². The van der Waals surface area contributed by atoms with Gasteiger partial charge in [0.05, 0.1) is 13.2 Å². The molecule has 7 heteroatoms. The largest absolute Gasteiger partial charge is 0.378 e. The Morgan fingerprint density at radius 1 is 1.07 bits per heavy atom. The van der Waals surface area contributed by atoms with Gasteiger partial charge in [-0.15, -0.1) is 24.8 Å². The summed E-state index contributed by atoms with van der Waals surface area (Å²) in [6.07, 6.45) is 0.